The number of hydrogen-bond acceptors (Lipinski definition) is 3. The Bertz CT molecular complexity index is 216. The van der Waals surface area contributed by atoms with Gasteiger partial charge >= 0.3 is 0 Å². The van der Waals surface area contributed by atoms with E-state index in [1.54, 1.807) is 0 Å². The van der Waals surface area contributed by atoms with Crippen LogP contribution in [0.25, 0.3) is 0 Å². The zero-order chi connectivity index (χ0) is 9.07. The molecule has 1 atom stereocenters. The van der Waals surface area contributed by atoms with Crippen molar-refractivity contribution in [3.63, 3.8) is 0 Å². The zero-order valence-electron chi connectivity index (χ0n) is 7.50. The summed E-state index contributed by atoms with van der Waals surface area (Å²) in [6.45, 7) is 7.40. The van der Waals surface area contributed by atoms with Gasteiger partial charge in [-0.15, -0.1) is 0 Å². The van der Waals surface area contributed by atoms with Gasteiger partial charge in [-0.2, -0.15) is 4.83 Å². The largest absolute Gasteiger partial charge is 0.259 e. The Hall–Kier alpha value is -0.130. The third-order valence-corrected chi connectivity index (χ3v) is 3.53. The number of rotatable bonds is 3. The average molecular weight is 179 g/mol. The topological polar surface area (TPSA) is 67.5 Å². The lowest BCUT2D eigenvalue weighted by Crippen LogP contribution is -2.36. The summed E-state index contributed by atoms with van der Waals surface area (Å²) in [5, 5.41) is -0.0603. The Balaban J connectivity index is 4.75. The fourth-order valence-electron chi connectivity index (χ4n) is 0.601. The minimum absolute atomic E-state index is 0.0425. The van der Waals surface area contributed by atoms with Crippen molar-refractivity contribution in [2.24, 2.45) is 10.2 Å². The van der Waals surface area contributed by atoms with Crippen molar-refractivity contribution >= 4 is 9.92 Å². The van der Waals surface area contributed by atoms with Gasteiger partial charge in [0.05, 0.1) is 11.3 Å². The van der Waals surface area contributed by atoms with E-state index in [0.29, 0.717) is 0 Å². The Morgan fingerprint density at radius 1 is 1.36 bits per heavy atom. The lowest BCUT2D eigenvalue weighted by atomic mass is 10.4. The monoisotopic (exact) mass is 179 g/mol. The van der Waals surface area contributed by atoms with E-state index >= 15 is 0 Å². The molecule has 0 saturated heterocycles. The van der Waals surface area contributed by atoms with E-state index in [-0.39, 0.29) is 11.3 Å². The molecule has 11 heavy (non-hydrogen) atoms. The third kappa shape index (κ3) is 3.18. The van der Waals surface area contributed by atoms with E-state index in [0.717, 1.165) is 0 Å². The highest BCUT2D eigenvalue weighted by atomic mass is 32.2. The lowest BCUT2D eigenvalue weighted by molar-refractivity contribution is 0.652. The lowest BCUT2D eigenvalue weighted by Gasteiger charge is -2.13. The number of nitrogens with zero attached hydrogens (tertiary/aromatic N) is 1. The second-order valence-electron chi connectivity index (χ2n) is 2.93. The molecule has 0 fully saturated rings. The Labute approximate surface area is 68.8 Å². The van der Waals surface area contributed by atoms with Crippen LogP contribution in [0, 0.1) is 0 Å². The summed E-state index contributed by atoms with van der Waals surface area (Å²) in [5.41, 5.74) is 0. The van der Waals surface area contributed by atoms with Crippen LogP contribution >= 0.6 is 0 Å². The van der Waals surface area contributed by atoms with E-state index in [1.165, 1.54) is 0 Å². The molecule has 0 aliphatic rings. The van der Waals surface area contributed by atoms with Crippen LogP contribution in [0.4, 0.5) is 0 Å². The van der Waals surface area contributed by atoms with Crippen molar-refractivity contribution in [2.45, 2.75) is 39.0 Å². The number of nitrogens with two attached hydrogens (primary N) is 1. The fraction of sp³-hybridized carbons (Fsp3) is 1.00. The van der Waals surface area contributed by atoms with Gasteiger partial charge < -0.3 is 0 Å². The van der Waals surface area contributed by atoms with Crippen molar-refractivity contribution < 1.29 is 4.21 Å². The average Bonchev–Trinajstić information content (AvgIpc) is 1.86. The summed E-state index contributed by atoms with van der Waals surface area (Å²) < 4.78 is 15.7. The van der Waals surface area contributed by atoms with Gasteiger partial charge in [0, 0.05) is 0 Å². The van der Waals surface area contributed by atoms with E-state index < -0.39 is 9.92 Å². The van der Waals surface area contributed by atoms with E-state index in [9.17, 15) is 4.21 Å². The molecular formula is C6H17N3OS. The Kier molecular flexibility index (Phi) is 3.99. The van der Waals surface area contributed by atoms with E-state index in [4.69, 9.17) is 5.84 Å². The summed E-state index contributed by atoms with van der Waals surface area (Å²) in [5.74, 6) is 5.14. The van der Waals surface area contributed by atoms with Gasteiger partial charge in [0.2, 0.25) is 0 Å². The van der Waals surface area contributed by atoms with Crippen molar-refractivity contribution in [1.29, 1.82) is 0 Å². The molecule has 0 aliphatic heterocycles. The van der Waals surface area contributed by atoms with E-state index in [2.05, 4.69) is 9.19 Å². The maximum atomic E-state index is 11.7. The molecule has 0 bridgehead atoms. The van der Waals surface area contributed by atoms with Crippen LogP contribution in [0.3, 0.4) is 0 Å². The smallest absolute Gasteiger partial charge is 0.123 e. The van der Waals surface area contributed by atoms with Gasteiger partial charge in [0.1, 0.15) is 9.92 Å². The molecule has 3 N–H and O–H groups in total. The van der Waals surface area contributed by atoms with Gasteiger partial charge in [-0.3, -0.25) is 5.84 Å². The van der Waals surface area contributed by atoms with Gasteiger partial charge in [-0.1, -0.05) is 0 Å². The molecule has 1 unspecified atom stereocenters. The summed E-state index contributed by atoms with van der Waals surface area (Å²) >= 11 is 0. The second kappa shape index (κ2) is 4.04. The highest BCUT2D eigenvalue weighted by Crippen LogP contribution is 2.02. The molecule has 0 aliphatic carbocycles. The second-order valence-corrected chi connectivity index (χ2v) is 5.46. The maximum Gasteiger partial charge on any atom is 0.123 e. The first-order valence-electron chi connectivity index (χ1n) is 3.65. The van der Waals surface area contributed by atoms with Gasteiger partial charge in [0.25, 0.3) is 0 Å². The molecule has 5 heteroatoms. The SMILES string of the molecule is CC(C)N=S(=O)(NN)C(C)C. The molecular weight excluding hydrogens is 162 g/mol. The molecule has 68 valence electrons. The van der Waals surface area contributed by atoms with Crippen LogP contribution in [0.1, 0.15) is 27.7 Å². The number of hydrazine groups is 1. The minimum Gasteiger partial charge on any atom is -0.259 e. The van der Waals surface area contributed by atoms with Crippen LogP contribution in [0.15, 0.2) is 4.36 Å². The Morgan fingerprint density at radius 2 is 1.82 bits per heavy atom. The molecule has 0 rings (SSSR count). The molecule has 0 aromatic carbocycles. The van der Waals surface area contributed by atoms with Crippen molar-refractivity contribution in [2.75, 3.05) is 0 Å². The maximum absolute atomic E-state index is 11.7. The quantitative estimate of drug-likeness (QED) is 0.493. The fourth-order valence-corrected chi connectivity index (χ4v) is 1.80. The highest BCUT2D eigenvalue weighted by Gasteiger charge is 2.11. The Morgan fingerprint density at radius 3 is 1.91 bits per heavy atom. The predicted octanol–water partition coefficient (Wildman–Crippen LogP) is 0.649. The predicted molar refractivity (Wildman–Crippen MR) is 48.2 cm³/mol. The summed E-state index contributed by atoms with van der Waals surface area (Å²) in [7, 11) is -2.39. The summed E-state index contributed by atoms with van der Waals surface area (Å²) in [6, 6.07) is 0.0425. The molecule has 0 heterocycles. The van der Waals surface area contributed by atoms with Crippen LogP contribution in [0.5, 0.6) is 0 Å². The van der Waals surface area contributed by atoms with Crippen LogP contribution in [-0.4, -0.2) is 15.5 Å². The minimum atomic E-state index is -2.39. The highest BCUT2D eigenvalue weighted by molar-refractivity contribution is 7.92. The van der Waals surface area contributed by atoms with Crippen LogP contribution in [-0.2, 0) is 9.92 Å². The molecule has 0 spiro atoms. The van der Waals surface area contributed by atoms with Crippen molar-refractivity contribution in [3.8, 4) is 0 Å². The van der Waals surface area contributed by atoms with Gasteiger partial charge in [-0.25, -0.2) is 8.57 Å². The van der Waals surface area contributed by atoms with Crippen LogP contribution in [0.2, 0.25) is 0 Å². The molecule has 0 aromatic rings. The first-order chi connectivity index (χ1) is 4.92. The number of nitrogens with one attached hydrogen (secondary N) is 1. The zero-order valence-corrected chi connectivity index (χ0v) is 8.31. The molecule has 0 radical (unpaired) electrons. The summed E-state index contributed by atoms with van der Waals surface area (Å²) in [6.07, 6.45) is 0. The van der Waals surface area contributed by atoms with Crippen molar-refractivity contribution in [3.05, 3.63) is 0 Å². The summed E-state index contributed by atoms with van der Waals surface area (Å²) in [4.78, 5) is 2.27. The van der Waals surface area contributed by atoms with Gasteiger partial charge in [0.15, 0.2) is 0 Å². The molecule has 0 amide bonds. The number of hydrogen-bond donors (Lipinski definition) is 2. The van der Waals surface area contributed by atoms with Gasteiger partial charge in [-0.05, 0) is 27.7 Å². The standard InChI is InChI=1S/C6H17N3OS/c1-5(2)8-11(10,9-7)6(3)4/h5-6H,7H2,1-4H3,(H,8,9,10). The normalized spacial score (nSPS) is 17.0. The molecule has 0 saturated carbocycles. The van der Waals surface area contributed by atoms with Crippen molar-refractivity contribution in [1.82, 2.24) is 4.83 Å². The van der Waals surface area contributed by atoms with E-state index in [1.807, 2.05) is 27.7 Å². The third-order valence-electron chi connectivity index (χ3n) is 1.18. The first kappa shape index (κ1) is 10.9. The van der Waals surface area contributed by atoms with Crippen LogP contribution < -0.4 is 10.7 Å². The molecule has 0 aromatic heterocycles. The first-order valence-corrected chi connectivity index (χ1v) is 5.22. The molecule has 4 nitrogen and oxygen atoms in total.